The van der Waals surface area contributed by atoms with Gasteiger partial charge in [0.2, 0.25) is 18.1 Å². The van der Waals surface area contributed by atoms with Gasteiger partial charge in [-0.1, -0.05) is 18.2 Å². The van der Waals surface area contributed by atoms with Crippen molar-refractivity contribution in [3.8, 4) is 0 Å². The van der Waals surface area contributed by atoms with Crippen LogP contribution in [0.5, 0.6) is 0 Å². The number of rotatable bonds is 8. The standard InChI is InChI=1S/C22H25N3O5/c1-15(26)30-22-19(13-14-29-22)25-21(28)12-11-20(27)24-18-9-7-17(8-10-18)23-16-5-3-2-4-6-16/h2-10,19,22-23H,11-14H2,1H3,(H,24,27)(H,25,28). The first-order valence-corrected chi connectivity index (χ1v) is 9.80. The predicted octanol–water partition coefficient (Wildman–Crippen LogP) is 2.94. The van der Waals surface area contributed by atoms with Crippen molar-refractivity contribution < 1.29 is 23.9 Å². The summed E-state index contributed by atoms with van der Waals surface area (Å²) < 4.78 is 10.3. The first-order chi connectivity index (χ1) is 14.5. The number of hydrogen-bond donors (Lipinski definition) is 3. The fourth-order valence-electron chi connectivity index (χ4n) is 3.04. The van der Waals surface area contributed by atoms with Crippen LogP contribution < -0.4 is 16.0 Å². The molecule has 0 saturated carbocycles. The van der Waals surface area contributed by atoms with Gasteiger partial charge in [0.25, 0.3) is 0 Å². The Hall–Kier alpha value is -3.39. The molecule has 1 fully saturated rings. The summed E-state index contributed by atoms with van der Waals surface area (Å²) in [6.45, 7) is 1.69. The Bertz CT molecular complexity index is 870. The second-order valence-corrected chi connectivity index (χ2v) is 6.93. The number of hydrogen-bond acceptors (Lipinski definition) is 6. The van der Waals surface area contributed by atoms with Crippen molar-refractivity contribution in [2.24, 2.45) is 0 Å². The van der Waals surface area contributed by atoms with Gasteiger partial charge >= 0.3 is 5.97 Å². The maximum Gasteiger partial charge on any atom is 0.305 e. The highest BCUT2D eigenvalue weighted by atomic mass is 16.7. The summed E-state index contributed by atoms with van der Waals surface area (Å²) in [4.78, 5) is 35.3. The molecule has 0 bridgehead atoms. The van der Waals surface area contributed by atoms with Crippen molar-refractivity contribution in [1.29, 1.82) is 0 Å². The molecule has 0 aliphatic carbocycles. The lowest BCUT2D eigenvalue weighted by molar-refractivity contribution is -0.170. The summed E-state index contributed by atoms with van der Waals surface area (Å²) in [6, 6.07) is 16.7. The molecule has 1 aliphatic rings. The van der Waals surface area contributed by atoms with Crippen LogP contribution >= 0.6 is 0 Å². The van der Waals surface area contributed by atoms with Crippen LogP contribution in [0.1, 0.15) is 26.2 Å². The summed E-state index contributed by atoms with van der Waals surface area (Å²) >= 11 is 0. The van der Waals surface area contributed by atoms with Gasteiger partial charge in [0.15, 0.2) is 0 Å². The molecule has 0 spiro atoms. The molecule has 2 aromatic carbocycles. The molecule has 1 aliphatic heterocycles. The lowest BCUT2D eigenvalue weighted by Crippen LogP contribution is -2.42. The highest BCUT2D eigenvalue weighted by molar-refractivity contribution is 5.93. The molecule has 8 nitrogen and oxygen atoms in total. The zero-order valence-electron chi connectivity index (χ0n) is 16.7. The lowest BCUT2D eigenvalue weighted by Gasteiger charge is -2.19. The van der Waals surface area contributed by atoms with Gasteiger partial charge in [-0.15, -0.1) is 0 Å². The first-order valence-electron chi connectivity index (χ1n) is 9.80. The van der Waals surface area contributed by atoms with Crippen molar-refractivity contribution in [3.05, 3.63) is 54.6 Å². The molecule has 158 valence electrons. The predicted molar refractivity (Wildman–Crippen MR) is 112 cm³/mol. The van der Waals surface area contributed by atoms with Gasteiger partial charge in [0.1, 0.15) is 0 Å². The molecule has 2 unspecified atom stereocenters. The second kappa shape index (κ2) is 10.4. The van der Waals surface area contributed by atoms with E-state index in [0.717, 1.165) is 11.4 Å². The minimum Gasteiger partial charge on any atom is -0.434 e. The third-order valence-corrected chi connectivity index (χ3v) is 4.48. The van der Waals surface area contributed by atoms with Crippen molar-refractivity contribution in [2.45, 2.75) is 38.5 Å². The van der Waals surface area contributed by atoms with Crippen LogP contribution in [0.25, 0.3) is 0 Å². The van der Waals surface area contributed by atoms with E-state index in [0.29, 0.717) is 18.7 Å². The van der Waals surface area contributed by atoms with E-state index in [-0.39, 0.29) is 24.7 Å². The molecule has 1 saturated heterocycles. The number of amides is 2. The number of nitrogens with one attached hydrogen (secondary N) is 3. The average molecular weight is 411 g/mol. The van der Waals surface area contributed by atoms with E-state index < -0.39 is 18.3 Å². The van der Waals surface area contributed by atoms with Crippen molar-refractivity contribution in [1.82, 2.24) is 5.32 Å². The Morgan fingerprint density at radius 2 is 1.57 bits per heavy atom. The van der Waals surface area contributed by atoms with Crippen LogP contribution in [-0.4, -0.2) is 36.7 Å². The molecule has 2 atom stereocenters. The molecule has 3 N–H and O–H groups in total. The molecule has 8 heteroatoms. The third kappa shape index (κ3) is 6.59. The molecule has 0 aromatic heterocycles. The zero-order chi connectivity index (χ0) is 21.3. The van der Waals surface area contributed by atoms with Gasteiger partial charge in [-0.2, -0.15) is 0 Å². The topological polar surface area (TPSA) is 106 Å². The molecular weight excluding hydrogens is 386 g/mol. The maximum absolute atomic E-state index is 12.1. The average Bonchev–Trinajstić information content (AvgIpc) is 3.14. The lowest BCUT2D eigenvalue weighted by atomic mass is 10.2. The Balaban J connectivity index is 1.41. The summed E-state index contributed by atoms with van der Waals surface area (Å²) in [7, 11) is 0. The van der Waals surface area contributed by atoms with E-state index in [1.165, 1.54) is 6.92 Å². The third-order valence-electron chi connectivity index (χ3n) is 4.48. The fourth-order valence-corrected chi connectivity index (χ4v) is 3.04. The molecule has 2 aromatic rings. The van der Waals surface area contributed by atoms with Crippen LogP contribution in [-0.2, 0) is 23.9 Å². The van der Waals surface area contributed by atoms with Crippen molar-refractivity contribution in [2.75, 3.05) is 17.2 Å². The Kier molecular flexibility index (Phi) is 7.40. The minimum atomic E-state index is -0.775. The number of carbonyl (C=O) groups excluding carboxylic acids is 3. The molecule has 30 heavy (non-hydrogen) atoms. The van der Waals surface area contributed by atoms with Crippen LogP contribution in [0.4, 0.5) is 17.1 Å². The van der Waals surface area contributed by atoms with Gasteiger partial charge < -0.3 is 25.4 Å². The van der Waals surface area contributed by atoms with E-state index in [9.17, 15) is 14.4 Å². The van der Waals surface area contributed by atoms with Crippen molar-refractivity contribution in [3.63, 3.8) is 0 Å². The minimum absolute atomic E-state index is 0.0305. The van der Waals surface area contributed by atoms with Crippen LogP contribution in [0, 0.1) is 0 Å². The molecule has 1 heterocycles. The number of ether oxygens (including phenoxy) is 2. The number of carbonyl (C=O) groups is 3. The van der Waals surface area contributed by atoms with Crippen molar-refractivity contribution >= 4 is 34.8 Å². The summed E-state index contributed by atoms with van der Waals surface area (Å²) in [5.41, 5.74) is 2.53. The fraction of sp³-hybridized carbons (Fsp3) is 0.318. The van der Waals surface area contributed by atoms with Crippen LogP contribution in [0.3, 0.4) is 0 Å². The summed E-state index contributed by atoms with van der Waals surface area (Å²) in [5.74, 6) is -1.01. The monoisotopic (exact) mass is 411 g/mol. The summed E-state index contributed by atoms with van der Waals surface area (Å²) in [5, 5.41) is 8.80. The Morgan fingerprint density at radius 1 is 0.933 bits per heavy atom. The van der Waals surface area contributed by atoms with Gasteiger partial charge in [-0.05, 0) is 42.8 Å². The van der Waals surface area contributed by atoms with Gasteiger partial charge in [-0.3, -0.25) is 14.4 Å². The van der Waals surface area contributed by atoms with E-state index in [1.807, 2.05) is 42.5 Å². The van der Waals surface area contributed by atoms with E-state index in [1.54, 1.807) is 12.1 Å². The number of benzene rings is 2. The quantitative estimate of drug-likeness (QED) is 0.577. The van der Waals surface area contributed by atoms with Crippen LogP contribution in [0.2, 0.25) is 0 Å². The van der Waals surface area contributed by atoms with E-state index >= 15 is 0 Å². The Morgan fingerprint density at radius 3 is 2.27 bits per heavy atom. The molecular formula is C22H25N3O5. The number of para-hydroxylation sites is 1. The molecule has 0 radical (unpaired) electrons. The number of anilines is 3. The SMILES string of the molecule is CC(=O)OC1OCCC1NC(=O)CCC(=O)Nc1ccc(Nc2ccccc2)cc1. The van der Waals surface area contributed by atoms with Crippen LogP contribution in [0.15, 0.2) is 54.6 Å². The van der Waals surface area contributed by atoms with Gasteiger partial charge in [0, 0.05) is 36.8 Å². The molecule has 3 rings (SSSR count). The second-order valence-electron chi connectivity index (χ2n) is 6.93. The maximum atomic E-state index is 12.1. The Labute approximate surface area is 174 Å². The van der Waals surface area contributed by atoms with E-state index in [4.69, 9.17) is 9.47 Å². The van der Waals surface area contributed by atoms with Gasteiger partial charge in [-0.25, -0.2) is 0 Å². The highest BCUT2D eigenvalue weighted by Crippen LogP contribution is 2.19. The first kappa shape index (κ1) is 21.3. The largest absolute Gasteiger partial charge is 0.434 e. The van der Waals surface area contributed by atoms with E-state index in [2.05, 4.69) is 16.0 Å². The smallest absolute Gasteiger partial charge is 0.305 e. The zero-order valence-corrected chi connectivity index (χ0v) is 16.7. The molecule has 2 amide bonds. The highest BCUT2D eigenvalue weighted by Gasteiger charge is 2.32. The van der Waals surface area contributed by atoms with Gasteiger partial charge in [0.05, 0.1) is 12.6 Å². The summed E-state index contributed by atoms with van der Waals surface area (Å²) in [6.07, 6.45) is -0.146. The number of esters is 1. The normalized spacial score (nSPS) is 17.8.